The van der Waals surface area contributed by atoms with E-state index in [0.717, 1.165) is 29.1 Å². The van der Waals surface area contributed by atoms with Crippen LogP contribution in [0.4, 0.5) is 4.39 Å². The third kappa shape index (κ3) is 3.48. The van der Waals surface area contributed by atoms with Gasteiger partial charge in [-0.05, 0) is 18.2 Å². The Hall–Kier alpha value is -2.84. The van der Waals surface area contributed by atoms with E-state index in [2.05, 4.69) is 9.97 Å². The fraction of sp³-hybridized carbons (Fsp3) is 0.100. The number of nitrogens with zero attached hydrogens (tertiary/aromatic N) is 2. The van der Waals surface area contributed by atoms with Crippen LogP contribution < -0.4 is 0 Å². The van der Waals surface area contributed by atoms with Gasteiger partial charge in [0.2, 0.25) is 0 Å². The molecule has 0 atom stereocenters. The Labute approximate surface area is 165 Å². The maximum absolute atomic E-state index is 14.3. The number of halogens is 1. The molecule has 0 N–H and O–H groups in total. The Kier molecular flexibility index (Phi) is 4.60. The van der Waals surface area contributed by atoms with Crippen molar-refractivity contribution in [1.82, 2.24) is 9.97 Å². The first-order chi connectivity index (χ1) is 13.3. The van der Waals surface area contributed by atoms with Crippen LogP contribution in [0, 0.1) is 12.7 Å². The van der Waals surface area contributed by atoms with E-state index < -0.39 is 15.7 Å². The molecule has 142 valence electrons. The zero-order valence-electron chi connectivity index (χ0n) is 15.0. The molecule has 8 heteroatoms. The van der Waals surface area contributed by atoms with Crippen LogP contribution in [0.3, 0.4) is 0 Å². The van der Waals surface area contributed by atoms with Gasteiger partial charge in [-0.3, -0.25) is 0 Å². The summed E-state index contributed by atoms with van der Waals surface area (Å²) in [7, 11) is -3.64. The standard InChI is InChI=1S/C20H15FN2O3S2/c1-12-23-19(14-5-3-13(4-6-14)17-10-27-11-22-17)20(26-12)15-7-8-18(16(21)9-15)28(2,24)25/h3-11H,1-2H3. The van der Waals surface area contributed by atoms with Crippen molar-refractivity contribution in [3.8, 4) is 33.8 Å². The van der Waals surface area contributed by atoms with Gasteiger partial charge < -0.3 is 4.42 Å². The van der Waals surface area contributed by atoms with Crippen LogP contribution >= 0.6 is 11.3 Å². The average molecular weight is 414 g/mol. The number of aryl methyl sites for hydroxylation is 1. The van der Waals surface area contributed by atoms with Crippen LogP contribution in [0.1, 0.15) is 5.89 Å². The molecule has 0 aliphatic rings. The molecular weight excluding hydrogens is 399 g/mol. The number of hydrogen-bond donors (Lipinski definition) is 0. The van der Waals surface area contributed by atoms with Gasteiger partial charge in [-0.15, -0.1) is 11.3 Å². The molecule has 28 heavy (non-hydrogen) atoms. The Balaban J connectivity index is 1.77. The molecule has 2 aromatic heterocycles. The van der Waals surface area contributed by atoms with Crippen molar-refractivity contribution < 1.29 is 17.2 Å². The monoisotopic (exact) mass is 414 g/mol. The molecule has 0 spiro atoms. The molecule has 4 rings (SSSR count). The number of hydrogen-bond acceptors (Lipinski definition) is 6. The van der Waals surface area contributed by atoms with Crippen molar-refractivity contribution in [2.45, 2.75) is 11.8 Å². The average Bonchev–Trinajstić information content (AvgIpc) is 3.30. The molecule has 2 aromatic carbocycles. The van der Waals surface area contributed by atoms with E-state index in [9.17, 15) is 12.8 Å². The molecule has 0 aliphatic carbocycles. The molecular formula is C20H15FN2O3S2. The highest BCUT2D eigenvalue weighted by Crippen LogP contribution is 2.34. The quantitative estimate of drug-likeness (QED) is 0.471. The minimum atomic E-state index is -3.64. The fourth-order valence-electron chi connectivity index (χ4n) is 2.92. The maximum Gasteiger partial charge on any atom is 0.192 e. The normalized spacial score (nSPS) is 11.7. The highest BCUT2D eigenvalue weighted by atomic mass is 32.2. The highest BCUT2D eigenvalue weighted by Gasteiger charge is 2.19. The summed E-state index contributed by atoms with van der Waals surface area (Å²) in [6, 6.07) is 11.6. The minimum Gasteiger partial charge on any atom is -0.440 e. The van der Waals surface area contributed by atoms with E-state index in [-0.39, 0.29) is 4.90 Å². The second-order valence-corrected chi connectivity index (χ2v) is 8.98. The van der Waals surface area contributed by atoms with Crippen LogP contribution in [-0.4, -0.2) is 24.6 Å². The summed E-state index contributed by atoms with van der Waals surface area (Å²) in [5, 5.41) is 1.97. The van der Waals surface area contributed by atoms with Gasteiger partial charge in [0.05, 0.1) is 11.2 Å². The number of oxazole rings is 1. The first-order valence-corrected chi connectivity index (χ1v) is 11.1. The summed E-state index contributed by atoms with van der Waals surface area (Å²) in [6.45, 7) is 1.71. The third-order valence-corrected chi connectivity index (χ3v) is 5.93. The van der Waals surface area contributed by atoms with Gasteiger partial charge >= 0.3 is 0 Å². The molecule has 0 saturated heterocycles. The van der Waals surface area contributed by atoms with E-state index in [1.54, 1.807) is 12.4 Å². The largest absolute Gasteiger partial charge is 0.440 e. The van der Waals surface area contributed by atoms with Crippen molar-refractivity contribution in [3.63, 3.8) is 0 Å². The zero-order valence-corrected chi connectivity index (χ0v) is 16.6. The molecule has 5 nitrogen and oxygen atoms in total. The van der Waals surface area contributed by atoms with Gasteiger partial charge in [0, 0.05) is 35.2 Å². The van der Waals surface area contributed by atoms with Crippen LogP contribution in [0.2, 0.25) is 0 Å². The lowest BCUT2D eigenvalue weighted by Gasteiger charge is -2.05. The number of thiazole rings is 1. The van der Waals surface area contributed by atoms with E-state index in [0.29, 0.717) is 22.9 Å². The van der Waals surface area contributed by atoms with E-state index in [1.165, 1.54) is 23.5 Å². The number of sulfone groups is 1. The van der Waals surface area contributed by atoms with Crippen LogP contribution in [0.15, 0.2) is 62.7 Å². The first-order valence-electron chi connectivity index (χ1n) is 8.29. The Bertz CT molecular complexity index is 1250. The number of benzene rings is 2. The predicted molar refractivity (Wildman–Crippen MR) is 106 cm³/mol. The molecule has 0 fully saturated rings. The molecule has 0 amide bonds. The van der Waals surface area contributed by atoms with Gasteiger partial charge in [0.25, 0.3) is 0 Å². The van der Waals surface area contributed by atoms with Crippen molar-refractivity contribution in [3.05, 3.63) is 65.1 Å². The van der Waals surface area contributed by atoms with E-state index in [4.69, 9.17) is 4.42 Å². The van der Waals surface area contributed by atoms with Gasteiger partial charge in [-0.2, -0.15) is 0 Å². The Morgan fingerprint density at radius 1 is 1.04 bits per heavy atom. The predicted octanol–water partition coefficient (Wildman–Crippen LogP) is 4.98. The highest BCUT2D eigenvalue weighted by molar-refractivity contribution is 7.90. The second kappa shape index (κ2) is 6.96. The Morgan fingerprint density at radius 3 is 2.32 bits per heavy atom. The third-order valence-electron chi connectivity index (χ3n) is 4.21. The smallest absolute Gasteiger partial charge is 0.192 e. The van der Waals surface area contributed by atoms with Crippen molar-refractivity contribution in [2.24, 2.45) is 0 Å². The zero-order chi connectivity index (χ0) is 19.9. The van der Waals surface area contributed by atoms with E-state index in [1.807, 2.05) is 29.6 Å². The molecule has 4 aromatic rings. The van der Waals surface area contributed by atoms with Crippen molar-refractivity contribution in [2.75, 3.05) is 6.26 Å². The lowest BCUT2D eigenvalue weighted by Crippen LogP contribution is -2.00. The summed E-state index contributed by atoms with van der Waals surface area (Å²) in [5.74, 6) is -0.00193. The SMILES string of the molecule is Cc1nc(-c2ccc(-c3cscn3)cc2)c(-c2ccc(S(C)(=O)=O)c(F)c2)o1. The Morgan fingerprint density at radius 2 is 1.71 bits per heavy atom. The molecule has 0 bridgehead atoms. The van der Waals surface area contributed by atoms with Gasteiger partial charge in [0.1, 0.15) is 16.4 Å². The molecule has 2 heterocycles. The van der Waals surface area contributed by atoms with Gasteiger partial charge in [-0.1, -0.05) is 24.3 Å². The summed E-state index contributed by atoms with van der Waals surface area (Å²) < 4.78 is 43.3. The summed E-state index contributed by atoms with van der Waals surface area (Å²) in [4.78, 5) is 8.37. The lowest BCUT2D eigenvalue weighted by atomic mass is 10.0. The van der Waals surface area contributed by atoms with Crippen molar-refractivity contribution in [1.29, 1.82) is 0 Å². The topological polar surface area (TPSA) is 73.1 Å². The summed E-state index contributed by atoms with van der Waals surface area (Å²) in [6.07, 6.45) is 0.971. The van der Waals surface area contributed by atoms with Gasteiger partial charge in [0.15, 0.2) is 21.5 Å². The van der Waals surface area contributed by atoms with Crippen LogP contribution in [0.5, 0.6) is 0 Å². The van der Waals surface area contributed by atoms with E-state index >= 15 is 0 Å². The molecule has 0 saturated carbocycles. The van der Waals surface area contributed by atoms with Gasteiger partial charge in [-0.25, -0.2) is 22.8 Å². The lowest BCUT2D eigenvalue weighted by molar-refractivity contribution is 0.532. The molecule has 0 unspecified atom stereocenters. The summed E-state index contributed by atoms with van der Waals surface area (Å²) >= 11 is 1.53. The van der Waals surface area contributed by atoms with Crippen LogP contribution in [-0.2, 0) is 9.84 Å². The molecule has 0 radical (unpaired) electrons. The fourth-order valence-corrected chi connectivity index (χ4v) is 4.20. The number of aromatic nitrogens is 2. The summed E-state index contributed by atoms with van der Waals surface area (Å²) in [5.41, 5.74) is 5.44. The maximum atomic E-state index is 14.3. The number of rotatable bonds is 4. The molecule has 0 aliphatic heterocycles. The second-order valence-electron chi connectivity index (χ2n) is 6.28. The minimum absolute atomic E-state index is 0.346. The first kappa shape index (κ1) is 18.5. The van der Waals surface area contributed by atoms with Crippen molar-refractivity contribution >= 4 is 21.2 Å². The van der Waals surface area contributed by atoms with Crippen LogP contribution in [0.25, 0.3) is 33.8 Å².